The van der Waals surface area contributed by atoms with Crippen LogP contribution in [0.2, 0.25) is 0 Å². The summed E-state index contributed by atoms with van der Waals surface area (Å²) in [5, 5.41) is 18.7. The quantitative estimate of drug-likeness (QED) is 0.656. The number of hydrogen-bond acceptors (Lipinski definition) is 6. The molecule has 0 bridgehead atoms. The van der Waals surface area contributed by atoms with E-state index in [1.54, 1.807) is 6.92 Å². The van der Waals surface area contributed by atoms with Crippen molar-refractivity contribution in [1.82, 2.24) is 25.3 Å². The maximum atomic E-state index is 12.8. The summed E-state index contributed by atoms with van der Waals surface area (Å²) in [7, 11) is 0. The van der Waals surface area contributed by atoms with Crippen LogP contribution in [0.25, 0.3) is 11.5 Å². The number of carbonyl (C=O) groups excluding carboxylic acids is 1. The van der Waals surface area contributed by atoms with Gasteiger partial charge in [0.15, 0.2) is 5.82 Å². The van der Waals surface area contributed by atoms with Gasteiger partial charge in [0.2, 0.25) is 11.8 Å². The molecule has 8 nitrogen and oxygen atoms in total. The average Bonchev–Trinajstić information content (AvgIpc) is 3.47. The highest BCUT2D eigenvalue weighted by atomic mass is 19.4. The molecule has 1 saturated heterocycles. The van der Waals surface area contributed by atoms with Gasteiger partial charge < -0.3 is 15.1 Å². The zero-order valence-corrected chi connectivity index (χ0v) is 16.6. The van der Waals surface area contributed by atoms with E-state index in [9.17, 15) is 18.0 Å². The Morgan fingerprint density at radius 3 is 2.68 bits per heavy atom. The van der Waals surface area contributed by atoms with E-state index in [1.165, 1.54) is 12.1 Å². The molecule has 1 fully saturated rings. The molecule has 2 aliphatic rings. The summed E-state index contributed by atoms with van der Waals surface area (Å²) in [6, 6.07) is 4.71. The molecule has 1 atom stereocenters. The molecule has 5 rings (SSSR count). The average molecular weight is 432 g/mol. The van der Waals surface area contributed by atoms with Crippen LogP contribution in [-0.2, 0) is 29.4 Å². The van der Waals surface area contributed by atoms with Crippen LogP contribution in [0.5, 0.6) is 0 Å². The van der Waals surface area contributed by atoms with E-state index < -0.39 is 17.2 Å². The van der Waals surface area contributed by atoms with Crippen molar-refractivity contribution in [2.24, 2.45) is 0 Å². The van der Waals surface area contributed by atoms with Crippen LogP contribution in [0.1, 0.15) is 36.9 Å². The number of anilines is 2. The molecule has 1 amide bonds. The molecule has 3 aromatic rings. The number of carbonyl (C=O) groups is 1. The second kappa shape index (κ2) is 6.82. The van der Waals surface area contributed by atoms with Crippen LogP contribution in [0.4, 0.5) is 24.7 Å². The molecule has 4 heterocycles. The summed E-state index contributed by atoms with van der Waals surface area (Å²) in [6.07, 6.45) is -2.18. The van der Waals surface area contributed by atoms with Crippen molar-refractivity contribution in [2.45, 2.75) is 44.3 Å². The fourth-order valence-corrected chi connectivity index (χ4v) is 4.01. The number of aromatic nitrogens is 4. The first-order valence-corrected chi connectivity index (χ1v) is 9.92. The summed E-state index contributed by atoms with van der Waals surface area (Å²) in [5.41, 5.74) is 0.356. The summed E-state index contributed by atoms with van der Waals surface area (Å²) >= 11 is 0. The fourth-order valence-electron chi connectivity index (χ4n) is 4.01. The van der Waals surface area contributed by atoms with E-state index >= 15 is 0 Å². The van der Waals surface area contributed by atoms with Gasteiger partial charge in [0.1, 0.15) is 11.0 Å². The first kappa shape index (κ1) is 19.6. The zero-order chi connectivity index (χ0) is 21.8. The van der Waals surface area contributed by atoms with Gasteiger partial charge in [0, 0.05) is 18.8 Å². The Labute approximate surface area is 174 Å². The SMILES string of the molecule is CC1(c2nnc(-c3c(Nc4ccc(C(F)(F)F)cc4)nn4c3CCC4)o2)CCNC1=O. The minimum absolute atomic E-state index is 0.161. The minimum Gasteiger partial charge on any atom is -0.419 e. The normalized spacial score (nSPS) is 20.7. The van der Waals surface area contributed by atoms with E-state index in [1.807, 2.05) is 4.68 Å². The molecule has 0 radical (unpaired) electrons. The number of rotatable bonds is 4. The number of benzene rings is 1. The summed E-state index contributed by atoms with van der Waals surface area (Å²) in [6.45, 7) is 3.02. The Morgan fingerprint density at radius 1 is 1.23 bits per heavy atom. The Morgan fingerprint density at radius 2 is 2.00 bits per heavy atom. The van der Waals surface area contributed by atoms with Gasteiger partial charge in [-0.3, -0.25) is 9.48 Å². The van der Waals surface area contributed by atoms with Gasteiger partial charge in [-0.1, -0.05) is 0 Å². The molecule has 0 aliphatic carbocycles. The Bertz CT molecular complexity index is 1150. The predicted octanol–water partition coefficient (Wildman–Crippen LogP) is 3.42. The fraction of sp³-hybridized carbons (Fsp3) is 0.400. The lowest BCUT2D eigenvalue weighted by Crippen LogP contribution is -2.32. The van der Waals surface area contributed by atoms with Gasteiger partial charge in [0.25, 0.3) is 5.89 Å². The summed E-state index contributed by atoms with van der Waals surface area (Å²) in [4.78, 5) is 12.2. The van der Waals surface area contributed by atoms with Crippen LogP contribution in [0.15, 0.2) is 28.7 Å². The third-order valence-corrected chi connectivity index (χ3v) is 5.84. The number of halogens is 3. The molecule has 162 valence electrons. The van der Waals surface area contributed by atoms with Crippen molar-refractivity contribution in [2.75, 3.05) is 11.9 Å². The second-order valence-electron chi connectivity index (χ2n) is 7.95. The molecule has 2 N–H and O–H groups in total. The Kier molecular flexibility index (Phi) is 4.31. The smallest absolute Gasteiger partial charge is 0.416 e. The predicted molar refractivity (Wildman–Crippen MR) is 104 cm³/mol. The first-order valence-electron chi connectivity index (χ1n) is 9.92. The van der Waals surface area contributed by atoms with E-state index in [2.05, 4.69) is 25.9 Å². The lowest BCUT2D eigenvalue weighted by molar-refractivity contribution is -0.137. The highest BCUT2D eigenvalue weighted by molar-refractivity contribution is 5.88. The third kappa shape index (κ3) is 3.24. The molecule has 1 aromatic carbocycles. The standard InChI is InChI=1S/C20H19F3N6O2/c1-19(8-9-24-17(19)30)18-27-26-16(31-18)14-13-3-2-10-29(13)28-15(14)25-12-6-4-11(5-7-12)20(21,22)23/h4-7H,2-3,8-10H2,1H3,(H,24,30)(H,25,28). The minimum atomic E-state index is -4.40. The highest BCUT2D eigenvalue weighted by Gasteiger charge is 2.44. The monoisotopic (exact) mass is 432 g/mol. The van der Waals surface area contributed by atoms with Crippen LogP contribution in [0, 0.1) is 0 Å². The van der Waals surface area contributed by atoms with Crippen LogP contribution in [0.3, 0.4) is 0 Å². The molecule has 0 spiro atoms. The van der Waals surface area contributed by atoms with Crippen molar-refractivity contribution in [3.8, 4) is 11.5 Å². The number of aryl methyl sites for hydroxylation is 1. The molecule has 0 saturated carbocycles. The lowest BCUT2D eigenvalue weighted by atomic mass is 9.89. The number of amides is 1. The molecule has 31 heavy (non-hydrogen) atoms. The molecule has 11 heteroatoms. The topological polar surface area (TPSA) is 97.9 Å². The van der Waals surface area contributed by atoms with E-state index in [0.29, 0.717) is 30.0 Å². The molecular formula is C20H19F3N6O2. The molecule has 2 aromatic heterocycles. The number of fused-ring (bicyclic) bond motifs is 1. The summed E-state index contributed by atoms with van der Waals surface area (Å²) in [5.74, 6) is 0.723. The van der Waals surface area contributed by atoms with Crippen molar-refractivity contribution in [3.05, 3.63) is 41.4 Å². The maximum absolute atomic E-state index is 12.8. The van der Waals surface area contributed by atoms with E-state index in [-0.39, 0.29) is 17.7 Å². The number of alkyl halides is 3. The molecular weight excluding hydrogens is 413 g/mol. The van der Waals surface area contributed by atoms with Crippen molar-refractivity contribution < 1.29 is 22.4 Å². The molecule has 1 unspecified atom stereocenters. The second-order valence-corrected chi connectivity index (χ2v) is 7.95. The first-order chi connectivity index (χ1) is 14.8. The number of hydrogen-bond donors (Lipinski definition) is 2. The third-order valence-electron chi connectivity index (χ3n) is 5.84. The van der Waals surface area contributed by atoms with Crippen LogP contribution >= 0.6 is 0 Å². The molecule has 2 aliphatic heterocycles. The Balaban J connectivity index is 1.50. The van der Waals surface area contributed by atoms with Gasteiger partial charge in [-0.05, 0) is 50.5 Å². The van der Waals surface area contributed by atoms with E-state index in [4.69, 9.17) is 4.42 Å². The number of nitrogens with one attached hydrogen (secondary N) is 2. The van der Waals surface area contributed by atoms with Gasteiger partial charge in [-0.2, -0.15) is 18.3 Å². The maximum Gasteiger partial charge on any atom is 0.416 e. The number of nitrogens with zero attached hydrogens (tertiary/aromatic N) is 4. The van der Waals surface area contributed by atoms with Crippen molar-refractivity contribution in [3.63, 3.8) is 0 Å². The largest absolute Gasteiger partial charge is 0.419 e. The van der Waals surface area contributed by atoms with Crippen LogP contribution < -0.4 is 10.6 Å². The highest BCUT2D eigenvalue weighted by Crippen LogP contribution is 2.38. The van der Waals surface area contributed by atoms with Crippen LogP contribution in [-0.4, -0.2) is 32.4 Å². The zero-order valence-electron chi connectivity index (χ0n) is 16.6. The van der Waals surface area contributed by atoms with E-state index in [0.717, 1.165) is 37.2 Å². The van der Waals surface area contributed by atoms with Gasteiger partial charge in [-0.25, -0.2) is 0 Å². The summed E-state index contributed by atoms with van der Waals surface area (Å²) < 4.78 is 46.3. The lowest BCUT2D eigenvalue weighted by Gasteiger charge is -2.14. The van der Waals surface area contributed by atoms with Gasteiger partial charge in [-0.15, -0.1) is 10.2 Å². The van der Waals surface area contributed by atoms with Crippen molar-refractivity contribution in [1.29, 1.82) is 0 Å². The van der Waals surface area contributed by atoms with Gasteiger partial charge in [0.05, 0.1) is 11.3 Å². The van der Waals surface area contributed by atoms with Gasteiger partial charge >= 0.3 is 6.18 Å². The van der Waals surface area contributed by atoms with Crippen molar-refractivity contribution >= 4 is 17.4 Å². The Hall–Kier alpha value is -3.37.